The smallest absolute Gasteiger partial charge is 0.475 e. The number of aliphatic carboxylic acids is 1. The van der Waals surface area contributed by atoms with Crippen LogP contribution in [0.25, 0.3) is 5.69 Å². The van der Waals surface area contributed by atoms with Crippen molar-refractivity contribution in [1.29, 1.82) is 0 Å². The van der Waals surface area contributed by atoms with Crippen molar-refractivity contribution in [1.82, 2.24) is 14.7 Å². The minimum absolute atomic E-state index is 0.0312. The lowest BCUT2D eigenvalue weighted by Crippen LogP contribution is -2.43. The molecule has 1 aromatic heterocycles. The molecular formula is C30H31ClF6N4O3. The predicted octanol–water partition coefficient (Wildman–Crippen LogP) is 6.50. The molecule has 44 heavy (non-hydrogen) atoms. The number of piperidine rings is 1. The first-order chi connectivity index (χ1) is 20.5. The van der Waals surface area contributed by atoms with E-state index in [1.165, 1.54) is 18.2 Å². The average Bonchev–Trinajstić information content (AvgIpc) is 3.48. The maximum Gasteiger partial charge on any atom is 0.490 e. The Morgan fingerprint density at radius 2 is 1.66 bits per heavy atom. The summed E-state index contributed by atoms with van der Waals surface area (Å²) < 4.78 is 75.4. The van der Waals surface area contributed by atoms with E-state index in [0.29, 0.717) is 37.2 Å². The summed E-state index contributed by atoms with van der Waals surface area (Å²) in [5, 5.41) is 11.8. The second-order valence-corrected chi connectivity index (χ2v) is 12.0. The molecule has 3 aromatic rings. The lowest BCUT2D eigenvalue weighted by atomic mass is 9.86. The van der Waals surface area contributed by atoms with E-state index in [-0.39, 0.29) is 16.8 Å². The Bertz CT molecular complexity index is 1540. The van der Waals surface area contributed by atoms with E-state index in [1.807, 2.05) is 24.8 Å². The number of rotatable bonds is 4. The lowest BCUT2D eigenvalue weighted by Gasteiger charge is -2.35. The summed E-state index contributed by atoms with van der Waals surface area (Å²) in [6, 6.07) is 10.1. The summed E-state index contributed by atoms with van der Waals surface area (Å²) in [5.41, 5.74) is 8.69. The monoisotopic (exact) mass is 644 g/mol. The van der Waals surface area contributed by atoms with Gasteiger partial charge in [-0.25, -0.2) is 22.6 Å². The second kappa shape index (κ2) is 12.8. The molecule has 238 valence electrons. The molecule has 2 fully saturated rings. The quantitative estimate of drug-likeness (QED) is 0.316. The first-order valence-electron chi connectivity index (χ1n) is 13.8. The number of halogens is 7. The van der Waals surface area contributed by atoms with Crippen molar-refractivity contribution in [3.05, 3.63) is 81.9 Å². The van der Waals surface area contributed by atoms with Gasteiger partial charge in [-0.1, -0.05) is 17.7 Å². The molecule has 2 heterocycles. The van der Waals surface area contributed by atoms with Crippen molar-refractivity contribution in [2.75, 3.05) is 13.1 Å². The zero-order valence-electron chi connectivity index (χ0n) is 23.8. The SMILES string of the molecule is Cc1cc(C2CCN(C(=O)[C@@H]3C[C@](C)(N)C[C@H]3c3ccc(F)cc3F)CC2)n(-c2ccc(F)c(Cl)c2)n1.O=C(O)C(F)(F)F. The molecule has 1 aliphatic carbocycles. The fourth-order valence-electron chi connectivity index (χ4n) is 6.02. The normalized spacial score (nSPS) is 22.5. The van der Waals surface area contributed by atoms with Crippen LogP contribution in [0, 0.1) is 30.3 Å². The fraction of sp³-hybridized carbons (Fsp3) is 0.433. The number of aryl methyl sites for hydroxylation is 1. The number of nitrogens with zero attached hydrogens (tertiary/aromatic N) is 3. The number of benzene rings is 2. The maximum atomic E-state index is 14.7. The van der Waals surface area contributed by atoms with Crippen LogP contribution in [-0.2, 0) is 9.59 Å². The van der Waals surface area contributed by atoms with Crippen LogP contribution >= 0.6 is 11.6 Å². The van der Waals surface area contributed by atoms with Gasteiger partial charge in [0.15, 0.2) is 0 Å². The third-order valence-corrected chi connectivity index (χ3v) is 8.30. The molecule has 5 rings (SSSR count). The number of likely N-dealkylation sites (tertiary alicyclic amines) is 1. The van der Waals surface area contributed by atoms with E-state index in [9.17, 15) is 31.1 Å². The van der Waals surface area contributed by atoms with Crippen LogP contribution in [-0.4, -0.2) is 56.5 Å². The van der Waals surface area contributed by atoms with E-state index in [4.69, 9.17) is 27.2 Å². The first kappa shape index (κ1) is 33.3. The Morgan fingerprint density at radius 3 is 2.23 bits per heavy atom. The van der Waals surface area contributed by atoms with Gasteiger partial charge in [0.2, 0.25) is 5.91 Å². The van der Waals surface area contributed by atoms with Crippen LogP contribution in [0.1, 0.15) is 61.4 Å². The number of nitrogens with two attached hydrogens (primary N) is 1. The van der Waals surface area contributed by atoms with Gasteiger partial charge in [0.05, 0.1) is 16.4 Å². The van der Waals surface area contributed by atoms with Crippen LogP contribution in [0.5, 0.6) is 0 Å². The largest absolute Gasteiger partial charge is 0.490 e. The van der Waals surface area contributed by atoms with Gasteiger partial charge in [0, 0.05) is 48.1 Å². The highest BCUT2D eigenvalue weighted by molar-refractivity contribution is 6.30. The molecule has 1 aliphatic heterocycles. The van der Waals surface area contributed by atoms with E-state index >= 15 is 0 Å². The topological polar surface area (TPSA) is 101 Å². The summed E-state index contributed by atoms with van der Waals surface area (Å²) in [7, 11) is 0. The molecule has 0 radical (unpaired) electrons. The minimum atomic E-state index is -5.08. The van der Waals surface area contributed by atoms with Crippen LogP contribution in [0.3, 0.4) is 0 Å². The Morgan fingerprint density at radius 1 is 1.02 bits per heavy atom. The number of carbonyl (C=O) groups excluding carboxylic acids is 1. The summed E-state index contributed by atoms with van der Waals surface area (Å²) in [6.45, 7) is 4.89. The molecule has 0 unspecified atom stereocenters. The molecular weight excluding hydrogens is 614 g/mol. The van der Waals surface area contributed by atoms with Gasteiger partial charge in [0.1, 0.15) is 17.5 Å². The lowest BCUT2D eigenvalue weighted by molar-refractivity contribution is -0.192. The van der Waals surface area contributed by atoms with E-state index < -0.39 is 47.0 Å². The fourth-order valence-corrected chi connectivity index (χ4v) is 6.20. The van der Waals surface area contributed by atoms with Gasteiger partial charge in [0.25, 0.3) is 0 Å². The molecule has 2 aliphatic rings. The summed E-state index contributed by atoms with van der Waals surface area (Å²) in [4.78, 5) is 24.4. The highest BCUT2D eigenvalue weighted by atomic mass is 35.5. The number of aromatic nitrogens is 2. The Hall–Kier alpha value is -3.58. The highest BCUT2D eigenvalue weighted by Crippen LogP contribution is 2.46. The van der Waals surface area contributed by atoms with Crippen LogP contribution in [0.15, 0.2) is 42.5 Å². The van der Waals surface area contributed by atoms with Crippen LogP contribution < -0.4 is 5.73 Å². The predicted molar refractivity (Wildman–Crippen MR) is 150 cm³/mol. The van der Waals surface area contributed by atoms with Crippen molar-refractivity contribution in [2.24, 2.45) is 11.7 Å². The number of carboxylic acids is 1. The van der Waals surface area contributed by atoms with E-state index in [2.05, 4.69) is 5.10 Å². The second-order valence-electron chi connectivity index (χ2n) is 11.6. The third-order valence-electron chi connectivity index (χ3n) is 8.01. The molecule has 1 amide bonds. The maximum absolute atomic E-state index is 14.7. The van der Waals surface area contributed by atoms with E-state index in [0.717, 1.165) is 30.3 Å². The van der Waals surface area contributed by atoms with Crippen molar-refractivity contribution >= 4 is 23.5 Å². The zero-order valence-corrected chi connectivity index (χ0v) is 24.6. The molecule has 7 nitrogen and oxygen atoms in total. The Kier molecular flexibility index (Phi) is 9.69. The molecule has 1 saturated heterocycles. The Labute approximate surface area is 254 Å². The molecule has 0 spiro atoms. The summed E-state index contributed by atoms with van der Waals surface area (Å²) in [6.07, 6.45) is -2.71. The first-order valence-corrected chi connectivity index (χ1v) is 14.2. The van der Waals surface area contributed by atoms with Gasteiger partial charge in [-0.15, -0.1) is 0 Å². The molecule has 3 N–H and O–H groups in total. The molecule has 3 atom stereocenters. The zero-order chi connectivity index (χ0) is 32.6. The molecule has 14 heteroatoms. The summed E-state index contributed by atoms with van der Waals surface area (Å²) >= 11 is 6.01. The number of carbonyl (C=O) groups is 2. The number of alkyl halides is 3. The van der Waals surface area contributed by atoms with Gasteiger partial charge >= 0.3 is 12.1 Å². The number of hydrogen-bond donors (Lipinski definition) is 2. The third kappa shape index (κ3) is 7.55. The van der Waals surface area contributed by atoms with Crippen molar-refractivity contribution < 1.29 is 41.0 Å². The van der Waals surface area contributed by atoms with Crippen molar-refractivity contribution in [2.45, 2.75) is 63.1 Å². The van der Waals surface area contributed by atoms with Gasteiger partial charge in [-0.05, 0) is 75.4 Å². The van der Waals surface area contributed by atoms with Crippen molar-refractivity contribution in [3.8, 4) is 5.69 Å². The number of amides is 1. The summed E-state index contributed by atoms with van der Waals surface area (Å²) in [5.74, 6) is -5.25. The number of hydrogen-bond acceptors (Lipinski definition) is 4. The van der Waals surface area contributed by atoms with Gasteiger partial charge < -0.3 is 15.7 Å². The highest BCUT2D eigenvalue weighted by Gasteiger charge is 2.46. The number of carboxylic acid groups (broad SMARTS) is 1. The van der Waals surface area contributed by atoms with Crippen molar-refractivity contribution in [3.63, 3.8) is 0 Å². The van der Waals surface area contributed by atoms with E-state index in [1.54, 1.807) is 16.8 Å². The van der Waals surface area contributed by atoms with Gasteiger partial charge in [-0.2, -0.15) is 18.3 Å². The van der Waals surface area contributed by atoms with Gasteiger partial charge in [-0.3, -0.25) is 4.79 Å². The van der Waals surface area contributed by atoms with Crippen LogP contribution in [0.4, 0.5) is 26.3 Å². The molecule has 1 saturated carbocycles. The average molecular weight is 645 g/mol. The Balaban J connectivity index is 0.000000566. The molecule has 0 bridgehead atoms. The standard InChI is InChI=1S/C28H30ClF3N4O.C2HF3O2/c1-16-11-26(36(34-16)19-4-6-24(31)23(29)13-19)17-7-9-35(10-8-17)27(37)22-15-28(2,33)14-21(22)20-5-3-18(30)12-25(20)32;3-2(4,5)1(6)7/h3-6,11-13,17,21-22H,7-10,14-15,33H2,1-2H3;(H,6,7)/t21-,22+,28+;/m0./s1. The molecule has 2 aromatic carbocycles. The van der Waals surface area contributed by atoms with Crippen LogP contribution in [0.2, 0.25) is 5.02 Å². The minimum Gasteiger partial charge on any atom is -0.475 e.